The lowest BCUT2D eigenvalue weighted by Gasteiger charge is -2.34. The van der Waals surface area contributed by atoms with E-state index in [-0.39, 0.29) is 24.4 Å². The molecule has 2 atom stereocenters. The first-order valence-electron chi connectivity index (χ1n) is 6.81. The molecule has 1 heterocycles. The summed E-state index contributed by atoms with van der Waals surface area (Å²) in [6, 6.07) is 0.769. The third kappa shape index (κ3) is 4.11. The van der Waals surface area contributed by atoms with Crippen molar-refractivity contribution in [3.8, 4) is 0 Å². The average molecular weight is 276 g/mol. The van der Waals surface area contributed by atoms with E-state index in [9.17, 15) is 4.79 Å². The Hall–Kier alpha value is -0.320. The van der Waals surface area contributed by atoms with Crippen LogP contribution < -0.4 is 5.73 Å². The van der Waals surface area contributed by atoms with Crippen LogP contribution in [0.5, 0.6) is 0 Å². The lowest BCUT2D eigenvalue weighted by atomic mass is 9.92. The summed E-state index contributed by atoms with van der Waals surface area (Å²) in [5.74, 6) is 0.834. The molecule has 18 heavy (non-hydrogen) atoms. The van der Waals surface area contributed by atoms with Crippen molar-refractivity contribution in [2.75, 3.05) is 26.7 Å². The molecule has 1 aliphatic heterocycles. The number of hydrogen-bond donors (Lipinski definition) is 1. The van der Waals surface area contributed by atoms with Gasteiger partial charge in [0.25, 0.3) is 0 Å². The normalized spacial score (nSPS) is 26.3. The standard InChI is InChI=1S/C13H25N3O.ClH/c1-10(14)11-4-3-7-16(8-11)9-13(17)15(2)12-5-6-12;/h10-12H,3-9,14H2,1-2H3;1H. The van der Waals surface area contributed by atoms with Gasteiger partial charge in [-0.3, -0.25) is 9.69 Å². The van der Waals surface area contributed by atoms with Crippen molar-refractivity contribution in [2.45, 2.75) is 44.7 Å². The Labute approximate surface area is 116 Å². The van der Waals surface area contributed by atoms with Crippen molar-refractivity contribution in [3.63, 3.8) is 0 Å². The first-order chi connectivity index (χ1) is 8.08. The number of carbonyl (C=O) groups is 1. The quantitative estimate of drug-likeness (QED) is 0.836. The molecule has 1 saturated carbocycles. The van der Waals surface area contributed by atoms with Crippen molar-refractivity contribution >= 4 is 18.3 Å². The highest BCUT2D eigenvalue weighted by atomic mass is 35.5. The molecule has 5 heteroatoms. The van der Waals surface area contributed by atoms with Crippen LogP contribution in [0.4, 0.5) is 0 Å². The number of rotatable bonds is 4. The van der Waals surface area contributed by atoms with Gasteiger partial charge in [-0.15, -0.1) is 12.4 Å². The Kier molecular flexibility index (Phi) is 5.89. The van der Waals surface area contributed by atoms with E-state index in [2.05, 4.69) is 11.8 Å². The van der Waals surface area contributed by atoms with E-state index < -0.39 is 0 Å². The van der Waals surface area contributed by atoms with Crippen molar-refractivity contribution < 1.29 is 4.79 Å². The van der Waals surface area contributed by atoms with E-state index in [1.165, 1.54) is 25.7 Å². The predicted molar refractivity (Wildman–Crippen MR) is 75.9 cm³/mol. The van der Waals surface area contributed by atoms with Crippen molar-refractivity contribution in [1.82, 2.24) is 9.80 Å². The van der Waals surface area contributed by atoms with Gasteiger partial charge in [-0.25, -0.2) is 0 Å². The van der Waals surface area contributed by atoms with E-state index in [0.29, 0.717) is 18.5 Å². The summed E-state index contributed by atoms with van der Waals surface area (Å²) in [5.41, 5.74) is 5.96. The molecule has 2 rings (SSSR count). The molecule has 0 bridgehead atoms. The van der Waals surface area contributed by atoms with Crippen LogP contribution in [-0.2, 0) is 4.79 Å². The zero-order valence-electron chi connectivity index (χ0n) is 11.5. The van der Waals surface area contributed by atoms with Crippen LogP contribution >= 0.6 is 12.4 Å². The summed E-state index contributed by atoms with van der Waals surface area (Å²) in [6.07, 6.45) is 4.75. The van der Waals surface area contributed by atoms with Crippen LogP contribution in [0, 0.1) is 5.92 Å². The number of likely N-dealkylation sites (tertiary alicyclic amines) is 1. The van der Waals surface area contributed by atoms with Gasteiger partial charge in [0.15, 0.2) is 0 Å². The largest absolute Gasteiger partial charge is 0.342 e. The third-order valence-corrected chi connectivity index (χ3v) is 4.13. The van der Waals surface area contributed by atoms with Gasteiger partial charge in [0.05, 0.1) is 6.54 Å². The Balaban J connectivity index is 0.00000162. The molecule has 1 amide bonds. The van der Waals surface area contributed by atoms with Crippen LogP contribution in [0.25, 0.3) is 0 Å². The number of nitrogens with two attached hydrogens (primary N) is 1. The molecule has 106 valence electrons. The highest BCUT2D eigenvalue weighted by Crippen LogP contribution is 2.26. The lowest BCUT2D eigenvalue weighted by molar-refractivity contribution is -0.132. The molecule has 2 aliphatic rings. The first-order valence-corrected chi connectivity index (χ1v) is 6.81. The van der Waals surface area contributed by atoms with Gasteiger partial charge in [-0.2, -0.15) is 0 Å². The summed E-state index contributed by atoms with van der Waals surface area (Å²) in [6.45, 7) is 4.69. The molecule has 0 spiro atoms. The second-order valence-electron chi connectivity index (χ2n) is 5.73. The maximum atomic E-state index is 12.0. The first kappa shape index (κ1) is 15.7. The van der Waals surface area contributed by atoms with Gasteiger partial charge >= 0.3 is 0 Å². The summed E-state index contributed by atoms with van der Waals surface area (Å²) >= 11 is 0. The minimum Gasteiger partial charge on any atom is -0.342 e. The van der Waals surface area contributed by atoms with Crippen LogP contribution in [0.3, 0.4) is 0 Å². The average Bonchev–Trinajstić information content (AvgIpc) is 3.12. The summed E-state index contributed by atoms with van der Waals surface area (Å²) in [4.78, 5) is 16.2. The predicted octanol–water partition coefficient (Wildman–Crippen LogP) is 1.09. The van der Waals surface area contributed by atoms with Crippen molar-refractivity contribution in [1.29, 1.82) is 0 Å². The van der Waals surface area contributed by atoms with E-state index in [0.717, 1.165) is 13.1 Å². The molecule has 2 fully saturated rings. The van der Waals surface area contributed by atoms with Crippen LogP contribution in [0.1, 0.15) is 32.6 Å². The topological polar surface area (TPSA) is 49.6 Å². The smallest absolute Gasteiger partial charge is 0.236 e. The summed E-state index contributed by atoms with van der Waals surface area (Å²) in [5, 5.41) is 0. The molecule has 2 unspecified atom stereocenters. The Morgan fingerprint density at radius 2 is 2.11 bits per heavy atom. The van der Waals surface area contributed by atoms with Crippen molar-refractivity contribution in [2.24, 2.45) is 11.7 Å². The molecular formula is C13H26ClN3O. The summed E-state index contributed by atoms with van der Waals surface area (Å²) in [7, 11) is 1.94. The molecule has 2 N–H and O–H groups in total. The minimum absolute atomic E-state index is 0. The molecule has 0 aromatic rings. The number of hydrogen-bond acceptors (Lipinski definition) is 3. The Morgan fingerprint density at radius 1 is 1.44 bits per heavy atom. The number of carbonyl (C=O) groups excluding carboxylic acids is 1. The third-order valence-electron chi connectivity index (χ3n) is 4.13. The van der Waals surface area contributed by atoms with Gasteiger partial charge in [0.1, 0.15) is 0 Å². The Bertz CT molecular complexity index is 281. The SMILES string of the molecule is CC(N)C1CCCN(CC(=O)N(C)C2CC2)C1.Cl. The number of nitrogens with zero attached hydrogens (tertiary/aromatic N) is 2. The van der Waals surface area contributed by atoms with Crippen LogP contribution in [-0.4, -0.2) is 54.5 Å². The zero-order valence-corrected chi connectivity index (χ0v) is 12.3. The van der Waals surface area contributed by atoms with Gasteiger partial charge < -0.3 is 10.6 Å². The second-order valence-corrected chi connectivity index (χ2v) is 5.73. The maximum absolute atomic E-state index is 12.0. The number of likely N-dealkylation sites (N-methyl/N-ethyl adjacent to an activating group) is 1. The van der Waals surface area contributed by atoms with E-state index in [1.54, 1.807) is 0 Å². The fraction of sp³-hybridized carbons (Fsp3) is 0.923. The molecule has 0 aromatic carbocycles. The lowest BCUT2D eigenvalue weighted by Crippen LogP contribution is -2.46. The highest BCUT2D eigenvalue weighted by Gasteiger charge is 2.31. The fourth-order valence-corrected chi connectivity index (χ4v) is 2.63. The van der Waals surface area contributed by atoms with Crippen LogP contribution in [0.15, 0.2) is 0 Å². The second kappa shape index (κ2) is 6.73. The van der Waals surface area contributed by atoms with Gasteiger partial charge in [0, 0.05) is 25.7 Å². The molecule has 4 nitrogen and oxygen atoms in total. The monoisotopic (exact) mass is 275 g/mol. The van der Waals surface area contributed by atoms with Crippen molar-refractivity contribution in [3.05, 3.63) is 0 Å². The molecule has 1 saturated heterocycles. The molecular weight excluding hydrogens is 250 g/mol. The van der Waals surface area contributed by atoms with E-state index in [1.807, 2.05) is 11.9 Å². The number of halogens is 1. The van der Waals surface area contributed by atoms with Gasteiger partial charge in [-0.1, -0.05) is 0 Å². The fourth-order valence-electron chi connectivity index (χ4n) is 2.63. The van der Waals surface area contributed by atoms with Gasteiger partial charge in [-0.05, 0) is 45.1 Å². The summed E-state index contributed by atoms with van der Waals surface area (Å²) < 4.78 is 0. The Morgan fingerprint density at radius 3 is 2.67 bits per heavy atom. The molecule has 0 aromatic heterocycles. The van der Waals surface area contributed by atoms with Gasteiger partial charge in [0.2, 0.25) is 5.91 Å². The highest BCUT2D eigenvalue weighted by molar-refractivity contribution is 5.85. The van der Waals surface area contributed by atoms with E-state index >= 15 is 0 Å². The minimum atomic E-state index is 0. The number of piperidine rings is 1. The number of amides is 1. The maximum Gasteiger partial charge on any atom is 0.236 e. The van der Waals surface area contributed by atoms with Crippen LogP contribution in [0.2, 0.25) is 0 Å². The van der Waals surface area contributed by atoms with E-state index in [4.69, 9.17) is 5.73 Å². The molecule has 0 radical (unpaired) electrons. The zero-order chi connectivity index (χ0) is 12.4. The molecule has 1 aliphatic carbocycles.